The van der Waals surface area contributed by atoms with Crippen molar-refractivity contribution >= 4 is 40.1 Å². The largest absolute Gasteiger partial charge is 0.382 e. The van der Waals surface area contributed by atoms with Gasteiger partial charge in [-0.2, -0.15) is 15.2 Å². The lowest BCUT2D eigenvalue weighted by atomic mass is 10.2. The number of nitrogens with zero attached hydrogens (tertiary/aromatic N) is 6. The third kappa shape index (κ3) is 3.47. The highest BCUT2D eigenvalue weighted by molar-refractivity contribution is 6.35. The van der Waals surface area contributed by atoms with E-state index in [4.69, 9.17) is 23.1 Å². The minimum absolute atomic E-state index is 0.0104. The Morgan fingerprint density at radius 1 is 1.32 bits per heavy atom. The molecule has 4 rings (SSSR count). The molecule has 13 heteroatoms. The van der Waals surface area contributed by atoms with Crippen molar-refractivity contribution in [3.63, 3.8) is 0 Å². The molecule has 0 radical (unpaired) electrons. The van der Waals surface area contributed by atoms with Gasteiger partial charge in [0.15, 0.2) is 5.82 Å². The van der Waals surface area contributed by atoms with Gasteiger partial charge in [-0.25, -0.2) is 18.9 Å². The van der Waals surface area contributed by atoms with Crippen molar-refractivity contribution in [2.75, 3.05) is 16.8 Å². The fourth-order valence-corrected chi connectivity index (χ4v) is 3.35. The van der Waals surface area contributed by atoms with E-state index in [1.165, 1.54) is 17.1 Å². The first kappa shape index (κ1) is 20.0. The van der Waals surface area contributed by atoms with Crippen molar-refractivity contribution in [2.45, 2.75) is 13.0 Å². The summed E-state index contributed by atoms with van der Waals surface area (Å²) in [5.74, 6) is -0.351. The number of nitriles is 1. The number of nitrogens with one attached hydrogen (secondary N) is 2. The van der Waals surface area contributed by atoms with Gasteiger partial charge in [0.2, 0.25) is 5.95 Å². The number of halogens is 2. The third-order valence-corrected chi connectivity index (χ3v) is 4.74. The number of benzene rings is 1. The van der Waals surface area contributed by atoms with Crippen LogP contribution in [0.1, 0.15) is 24.4 Å². The number of aromatic nitrogens is 6. The van der Waals surface area contributed by atoms with E-state index in [2.05, 4.69) is 30.2 Å². The van der Waals surface area contributed by atoms with Crippen molar-refractivity contribution in [3.8, 4) is 11.9 Å². The van der Waals surface area contributed by atoms with E-state index in [1.807, 2.05) is 6.07 Å². The number of hydrogen-bond acceptors (Lipinski definition) is 9. The first-order chi connectivity index (χ1) is 14.8. The van der Waals surface area contributed by atoms with Gasteiger partial charge >= 0.3 is 0 Å². The fraction of sp³-hybridized carbons (Fsp3) is 0.111. The predicted molar refractivity (Wildman–Crippen MR) is 112 cm³/mol. The van der Waals surface area contributed by atoms with Crippen LogP contribution in [0.15, 0.2) is 29.5 Å². The molecule has 0 saturated heterocycles. The van der Waals surface area contributed by atoms with Crippen LogP contribution < -0.4 is 22.3 Å². The molecule has 6 N–H and O–H groups in total. The summed E-state index contributed by atoms with van der Waals surface area (Å²) in [5, 5.41) is 12.3. The maximum atomic E-state index is 13.9. The fourth-order valence-electron chi connectivity index (χ4n) is 3.11. The normalized spacial score (nSPS) is 11.9. The lowest BCUT2D eigenvalue weighted by Crippen LogP contribution is -2.28. The highest BCUT2D eigenvalue weighted by atomic mass is 35.5. The summed E-state index contributed by atoms with van der Waals surface area (Å²) in [6, 6.07) is 3.33. The molecule has 0 bridgehead atoms. The average molecular weight is 441 g/mol. The number of anilines is 3. The number of nitrogen functional groups attached to an aromatic ring is 2. The molecule has 0 saturated carbocycles. The molecule has 3 heterocycles. The molecule has 1 aromatic carbocycles. The van der Waals surface area contributed by atoms with E-state index < -0.39 is 17.4 Å². The lowest BCUT2D eigenvalue weighted by molar-refractivity contribution is 0.629. The molecule has 1 atom stereocenters. The number of imidazole rings is 1. The van der Waals surface area contributed by atoms with E-state index in [1.54, 1.807) is 6.92 Å². The van der Waals surface area contributed by atoms with Gasteiger partial charge in [-0.1, -0.05) is 11.6 Å². The van der Waals surface area contributed by atoms with Crippen LogP contribution in [-0.4, -0.2) is 29.5 Å². The summed E-state index contributed by atoms with van der Waals surface area (Å²) in [6.45, 7) is 1.67. The Hall–Kier alpha value is -4.24. The van der Waals surface area contributed by atoms with Crippen molar-refractivity contribution in [1.29, 1.82) is 5.26 Å². The van der Waals surface area contributed by atoms with Crippen molar-refractivity contribution in [1.82, 2.24) is 29.5 Å². The quantitative estimate of drug-likeness (QED) is 0.368. The van der Waals surface area contributed by atoms with Gasteiger partial charge in [0.25, 0.3) is 5.56 Å². The molecular formula is C18H14ClFN10O. The second-order valence-corrected chi connectivity index (χ2v) is 6.91. The van der Waals surface area contributed by atoms with Gasteiger partial charge in [0.05, 0.1) is 34.5 Å². The van der Waals surface area contributed by atoms with Gasteiger partial charge in [-0.05, 0) is 19.1 Å². The van der Waals surface area contributed by atoms with Crippen LogP contribution in [0.2, 0.25) is 5.02 Å². The molecular weight excluding hydrogens is 427 g/mol. The Bertz CT molecular complexity index is 1410. The zero-order valence-electron chi connectivity index (χ0n) is 15.9. The number of H-pyrrole nitrogens is 1. The van der Waals surface area contributed by atoms with Crippen LogP contribution in [-0.2, 0) is 0 Å². The zero-order valence-corrected chi connectivity index (χ0v) is 16.6. The Morgan fingerprint density at radius 2 is 2.10 bits per heavy atom. The highest BCUT2D eigenvalue weighted by Gasteiger charge is 2.22. The monoisotopic (exact) mass is 440 g/mol. The molecule has 0 aliphatic heterocycles. The van der Waals surface area contributed by atoms with Crippen LogP contribution in [0.5, 0.6) is 0 Å². The summed E-state index contributed by atoms with van der Waals surface area (Å²) in [5.41, 5.74) is 10.9. The first-order valence-corrected chi connectivity index (χ1v) is 9.18. The summed E-state index contributed by atoms with van der Waals surface area (Å²) in [6.07, 6.45) is 2.79. The molecule has 156 valence electrons. The molecule has 3 aromatic heterocycles. The highest BCUT2D eigenvalue weighted by Crippen LogP contribution is 2.27. The van der Waals surface area contributed by atoms with Crippen molar-refractivity contribution in [2.24, 2.45) is 0 Å². The lowest BCUT2D eigenvalue weighted by Gasteiger charge is -2.20. The SMILES string of the molecule is C[C@H](Nc1nc(N)nc(N)c1C#N)c1nc2c(Cl)cc(F)cc2c(=O)n1-c1cnc[nH]1. The first-order valence-electron chi connectivity index (χ1n) is 8.80. The molecule has 0 unspecified atom stereocenters. The van der Waals surface area contributed by atoms with E-state index in [9.17, 15) is 14.4 Å². The summed E-state index contributed by atoms with van der Waals surface area (Å²) in [4.78, 5) is 32.3. The second kappa shape index (κ2) is 7.54. The number of rotatable bonds is 4. The van der Waals surface area contributed by atoms with E-state index >= 15 is 0 Å². The molecule has 0 aliphatic carbocycles. The maximum absolute atomic E-state index is 13.9. The van der Waals surface area contributed by atoms with Crippen LogP contribution in [0.3, 0.4) is 0 Å². The molecule has 31 heavy (non-hydrogen) atoms. The van der Waals surface area contributed by atoms with Gasteiger partial charge in [-0.15, -0.1) is 0 Å². The van der Waals surface area contributed by atoms with E-state index in [0.29, 0.717) is 5.82 Å². The predicted octanol–water partition coefficient (Wildman–Crippen LogP) is 1.90. The van der Waals surface area contributed by atoms with Crippen LogP contribution in [0, 0.1) is 17.1 Å². The Morgan fingerprint density at radius 3 is 2.77 bits per heavy atom. The van der Waals surface area contributed by atoms with Gasteiger partial charge in [0.1, 0.15) is 34.9 Å². The minimum atomic E-state index is -0.706. The molecule has 0 aliphatic rings. The van der Waals surface area contributed by atoms with Gasteiger partial charge in [-0.3, -0.25) is 4.79 Å². The Labute approximate surface area is 178 Å². The zero-order chi connectivity index (χ0) is 22.3. The van der Waals surface area contributed by atoms with Gasteiger partial charge in [0, 0.05) is 0 Å². The summed E-state index contributed by atoms with van der Waals surface area (Å²) >= 11 is 6.15. The molecule has 0 amide bonds. The Balaban J connectivity index is 1.94. The molecule has 0 fully saturated rings. The van der Waals surface area contributed by atoms with Crippen LogP contribution in [0.4, 0.5) is 22.0 Å². The molecule has 0 spiro atoms. The maximum Gasteiger partial charge on any atom is 0.267 e. The number of fused-ring (bicyclic) bond motifs is 1. The van der Waals surface area contributed by atoms with E-state index in [-0.39, 0.29) is 44.9 Å². The minimum Gasteiger partial charge on any atom is -0.382 e. The number of hydrogen-bond donors (Lipinski definition) is 4. The topological polar surface area (TPSA) is 177 Å². The number of aromatic amines is 1. The smallest absolute Gasteiger partial charge is 0.267 e. The third-order valence-electron chi connectivity index (χ3n) is 4.45. The van der Waals surface area contributed by atoms with Crippen LogP contribution >= 0.6 is 11.6 Å². The van der Waals surface area contributed by atoms with E-state index in [0.717, 1.165) is 12.1 Å². The summed E-state index contributed by atoms with van der Waals surface area (Å²) < 4.78 is 15.1. The van der Waals surface area contributed by atoms with Crippen LogP contribution in [0.25, 0.3) is 16.7 Å². The average Bonchev–Trinajstić information content (AvgIpc) is 3.22. The van der Waals surface area contributed by atoms with Crippen molar-refractivity contribution < 1.29 is 4.39 Å². The molecule has 4 aromatic rings. The molecule has 11 nitrogen and oxygen atoms in total. The summed E-state index contributed by atoms with van der Waals surface area (Å²) in [7, 11) is 0. The van der Waals surface area contributed by atoms with Crippen molar-refractivity contribution in [3.05, 3.63) is 57.2 Å². The van der Waals surface area contributed by atoms with Gasteiger partial charge < -0.3 is 21.8 Å². The Kier molecular flexibility index (Phi) is 4.88. The standard InChI is InChI=1S/C18H14ClFN10O/c1-7(26-15-10(4-21)14(22)28-18(23)29-15)16-27-13-9(2-8(20)3-11(13)19)17(31)30(16)12-5-24-6-25-12/h2-3,5-7H,1H3,(H,24,25)(H5,22,23,26,28,29)/t7-/m0/s1. The number of nitrogens with two attached hydrogens (primary N) is 2. The second-order valence-electron chi connectivity index (χ2n) is 6.50.